The lowest BCUT2D eigenvalue weighted by atomic mass is 10.1. The van der Waals surface area contributed by atoms with Crippen molar-refractivity contribution in [3.8, 4) is 22.8 Å². The normalized spacial score (nSPS) is 10.2. The van der Waals surface area contributed by atoms with Crippen LogP contribution in [0.15, 0.2) is 30.4 Å². The fraction of sp³-hybridized carbons (Fsp3) is 0.267. The smallest absolute Gasteiger partial charge is 0.172 e. The van der Waals surface area contributed by atoms with Crippen LogP contribution in [0, 0.1) is 0 Å². The molecule has 21 heavy (non-hydrogen) atoms. The molecule has 1 aromatic carbocycles. The Kier molecular flexibility index (Phi) is 4.37. The van der Waals surface area contributed by atoms with E-state index in [4.69, 9.17) is 9.47 Å². The van der Waals surface area contributed by atoms with E-state index >= 15 is 0 Å². The zero-order chi connectivity index (χ0) is 15.4. The molecule has 1 aromatic heterocycles. The zero-order valence-corrected chi connectivity index (χ0v) is 12.3. The standard InChI is InChI=1S/C15H17N3O3/c1-10(2)8-18-15(14(9-19)16-17-18)11-5-12(20-3)7-13(6-11)21-4/h5-7,9H,1,8H2,2-4H3. The summed E-state index contributed by atoms with van der Waals surface area (Å²) in [5, 5.41) is 7.90. The molecule has 0 aliphatic rings. The Labute approximate surface area is 123 Å². The van der Waals surface area contributed by atoms with Crippen molar-refractivity contribution in [2.24, 2.45) is 0 Å². The molecule has 0 N–H and O–H groups in total. The van der Waals surface area contributed by atoms with Crippen molar-refractivity contribution in [2.75, 3.05) is 14.2 Å². The first-order valence-corrected chi connectivity index (χ1v) is 6.35. The van der Waals surface area contributed by atoms with Crippen LogP contribution in [-0.2, 0) is 6.54 Å². The highest BCUT2D eigenvalue weighted by molar-refractivity contribution is 5.84. The molecule has 0 aliphatic carbocycles. The van der Waals surface area contributed by atoms with Gasteiger partial charge in [-0.2, -0.15) is 0 Å². The lowest BCUT2D eigenvalue weighted by molar-refractivity contribution is 0.111. The van der Waals surface area contributed by atoms with E-state index in [-0.39, 0.29) is 5.69 Å². The minimum Gasteiger partial charge on any atom is -0.497 e. The van der Waals surface area contributed by atoms with Crippen LogP contribution in [0.25, 0.3) is 11.3 Å². The van der Waals surface area contributed by atoms with Crippen LogP contribution >= 0.6 is 0 Å². The van der Waals surface area contributed by atoms with Gasteiger partial charge in [0.25, 0.3) is 0 Å². The minimum atomic E-state index is 0.270. The molecule has 0 bridgehead atoms. The van der Waals surface area contributed by atoms with Gasteiger partial charge in [0.05, 0.1) is 26.5 Å². The number of aldehydes is 1. The first-order valence-electron chi connectivity index (χ1n) is 6.35. The summed E-state index contributed by atoms with van der Waals surface area (Å²) in [6, 6.07) is 5.38. The summed E-state index contributed by atoms with van der Waals surface area (Å²) < 4.78 is 12.1. The predicted octanol–water partition coefficient (Wildman–Crippen LogP) is 2.35. The molecule has 6 heteroatoms. The lowest BCUT2D eigenvalue weighted by Gasteiger charge is -2.10. The maximum Gasteiger partial charge on any atom is 0.172 e. The number of aromatic nitrogens is 3. The van der Waals surface area contributed by atoms with E-state index in [0.717, 1.165) is 11.1 Å². The van der Waals surface area contributed by atoms with Crippen molar-refractivity contribution >= 4 is 6.29 Å². The van der Waals surface area contributed by atoms with E-state index < -0.39 is 0 Å². The molecule has 2 aromatic rings. The summed E-state index contributed by atoms with van der Waals surface area (Å²) in [5.74, 6) is 1.26. The highest BCUT2D eigenvalue weighted by Crippen LogP contribution is 2.30. The van der Waals surface area contributed by atoms with Crippen LogP contribution in [0.3, 0.4) is 0 Å². The summed E-state index contributed by atoms with van der Waals surface area (Å²) in [6.07, 6.45) is 0.684. The van der Waals surface area contributed by atoms with Gasteiger partial charge in [-0.3, -0.25) is 4.79 Å². The Balaban J connectivity index is 2.61. The maximum absolute atomic E-state index is 11.2. The third-order valence-electron chi connectivity index (χ3n) is 2.92. The monoisotopic (exact) mass is 287 g/mol. The van der Waals surface area contributed by atoms with Gasteiger partial charge >= 0.3 is 0 Å². The van der Waals surface area contributed by atoms with E-state index in [1.807, 2.05) is 19.1 Å². The number of ether oxygens (including phenoxy) is 2. The molecule has 0 aliphatic heterocycles. The first-order chi connectivity index (χ1) is 10.1. The van der Waals surface area contributed by atoms with Gasteiger partial charge in [-0.05, 0) is 19.1 Å². The zero-order valence-electron chi connectivity index (χ0n) is 12.3. The number of carbonyl (C=O) groups is 1. The second-order valence-corrected chi connectivity index (χ2v) is 4.66. The molecule has 0 saturated carbocycles. The largest absolute Gasteiger partial charge is 0.497 e. The number of allylic oxidation sites excluding steroid dienone is 1. The van der Waals surface area contributed by atoms with Crippen LogP contribution < -0.4 is 9.47 Å². The SMILES string of the molecule is C=C(C)Cn1nnc(C=O)c1-c1cc(OC)cc(OC)c1. The molecule has 0 amide bonds. The molecule has 2 rings (SSSR count). The average molecular weight is 287 g/mol. The summed E-state index contributed by atoms with van der Waals surface area (Å²) in [7, 11) is 3.14. The topological polar surface area (TPSA) is 66.2 Å². The van der Waals surface area contributed by atoms with Crippen LogP contribution in [0.1, 0.15) is 17.4 Å². The number of rotatable bonds is 6. The summed E-state index contributed by atoms with van der Waals surface area (Å²) in [6.45, 7) is 6.23. The van der Waals surface area contributed by atoms with E-state index in [9.17, 15) is 4.79 Å². The van der Waals surface area contributed by atoms with Crippen molar-refractivity contribution in [1.82, 2.24) is 15.0 Å². The van der Waals surface area contributed by atoms with E-state index in [1.165, 1.54) is 0 Å². The fourth-order valence-electron chi connectivity index (χ4n) is 2.01. The summed E-state index contributed by atoms with van der Waals surface area (Å²) in [4.78, 5) is 11.2. The number of carbonyl (C=O) groups excluding carboxylic acids is 1. The van der Waals surface area contributed by atoms with E-state index in [1.54, 1.807) is 25.0 Å². The van der Waals surface area contributed by atoms with Gasteiger partial charge in [-0.25, -0.2) is 4.68 Å². The van der Waals surface area contributed by atoms with Gasteiger partial charge in [-0.1, -0.05) is 17.4 Å². The van der Waals surface area contributed by atoms with Crippen molar-refractivity contribution in [3.05, 3.63) is 36.0 Å². The number of hydrogen-bond acceptors (Lipinski definition) is 5. The van der Waals surface area contributed by atoms with Crippen LogP contribution in [-0.4, -0.2) is 35.5 Å². The second-order valence-electron chi connectivity index (χ2n) is 4.66. The minimum absolute atomic E-state index is 0.270. The molecule has 110 valence electrons. The second kappa shape index (κ2) is 6.21. The van der Waals surface area contributed by atoms with Gasteiger partial charge in [-0.15, -0.1) is 5.10 Å². The van der Waals surface area contributed by atoms with Gasteiger partial charge in [0.15, 0.2) is 12.0 Å². The molecule has 0 spiro atoms. The number of hydrogen-bond donors (Lipinski definition) is 0. The van der Waals surface area contributed by atoms with Crippen LogP contribution in [0.5, 0.6) is 11.5 Å². The number of benzene rings is 1. The Morgan fingerprint density at radius 1 is 1.29 bits per heavy atom. The van der Waals surface area contributed by atoms with Crippen molar-refractivity contribution in [1.29, 1.82) is 0 Å². The maximum atomic E-state index is 11.2. The fourth-order valence-corrected chi connectivity index (χ4v) is 2.01. The average Bonchev–Trinajstić information content (AvgIpc) is 2.88. The Bertz CT molecular complexity index is 655. The molecular formula is C15H17N3O3. The highest BCUT2D eigenvalue weighted by atomic mass is 16.5. The van der Waals surface area contributed by atoms with Gasteiger partial charge in [0, 0.05) is 11.6 Å². The quantitative estimate of drug-likeness (QED) is 0.602. The van der Waals surface area contributed by atoms with Crippen LogP contribution in [0.2, 0.25) is 0 Å². The van der Waals surface area contributed by atoms with Crippen molar-refractivity contribution in [3.63, 3.8) is 0 Å². The molecule has 6 nitrogen and oxygen atoms in total. The van der Waals surface area contributed by atoms with Gasteiger partial charge in [0.2, 0.25) is 0 Å². The molecule has 1 heterocycles. The number of nitrogens with zero attached hydrogens (tertiary/aromatic N) is 3. The van der Waals surface area contributed by atoms with Crippen molar-refractivity contribution in [2.45, 2.75) is 13.5 Å². The molecule has 0 unspecified atom stereocenters. The van der Waals surface area contributed by atoms with E-state index in [0.29, 0.717) is 30.0 Å². The van der Waals surface area contributed by atoms with E-state index in [2.05, 4.69) is 16.9 Å². The summed E-state index contributed by atoms with van der Waals surface area (Å²) in [5.41, 5.74) is 2.55. The highest BCUT2D eigenvalue weighted by Gasteiger charge is 2.16. The third-order valence-corrected chi connectivity index (χ3v) is 2.92. The molecule has 0 saturated heterocycles. The Morgan fingerprint density at radius 2 is 1.90 bits per heavy atom. The molecule has 0 fully saturated rings. The first kappa shape index (κ1) is 14.8. The third kappa shape index (κ3) is 3.10. The molecule has 0 atom stereocenters. The Morgan fingerprint density at radius 3 is 2.38 bits per heavy atom. The molecule has 0 radical (unpaired) electrons. The Hall–Kier alpha value is -2.63. The van der Waals surface area contributed by atoms with Gasteiger partial charge in [0.1, 0.15) is 11.5 Å². The van der Waals surface area contributed by atoms with Crippen molar-refractivity contribution < 1.29 is 14.3 Å². The van der Waals surface area contributed by atoms with Crippen LogP contribution in [0.4, 0.5) is 0 Å². The number of methoxy groups -OCH3 is 2. The summed E-state index contributed by atoms with van der Waals surface area (Å²) >= 11 is 0. The lowest BCUT2D eigenvalue weighted by Crippen LogP contribution is -2.04. The van der Waals surface area contributed by atoms with Gasteiger partial charge < -0.3 is 9.47 Å². The molecular weight excluding hydrogens is 270 g/mol. The predicted molar refractivity (Wildman–Crippen MR) is 78.8 cm³/mol.